The van der Waals surface area contributed by atoms with Gasteiger partial charge in [-0.15, -0.1) is 24.0 Å². The SMILES string of the molecule is CCNC(=NCCc1nc(C)no1)NCCNC(=O)C1CC1.I. The number of aromatic nitrogens is 2. The maximum absolute atomic E-state index is 11.5. The number of nitrogens with one attached hydrogen (secondary N) is 3. The monoisotopic (exact) mass is 436 g/mol. The Morgan fingerprint density at radius 3 is 2.65 bits per heavy atom. The van der Waals surface area contributed by atoms with Crippen LogP contribution >= 0.6 is 24.0 Å². The molecule has 1 fully saturated rings. The quantitative estimate of drug-likeness (QED) is 0.239. The van der Waals surface area contributed by atoms with Crippen LogP contribution < -0.4 is 16.0 Å². The normalized spacial score (nSPS) is 14.1. The second-order valence-electron chi connectivity index (χ2n) is 5.24. The molecule has 0 atom stereocenters. The van der Waals surface area contributed by atoms with E-state index in [-0.39, 0.29) is 35.8 Å². The second-order valence-corrected chi connectivity index (χ2v) is 5.24. The van der Waals surface area contributed by atoms with Gasteiger partial charge in [0.2, 0.25) is 11.8 Å². The number of aryl methyl sites for hydroxylation is 1. The standard InChI is InChI=1S/C14H24N6O2.HI/c1-3-15-14(17-7-6-12-19-10(2)20-22-12)18-9-8-16-13(21)11-4-5-11;/h11H,3-9H2,1-2H3,(H,16,21)(H2,15,17,18);1H. The summed E-state index contributed by atoms with van der Waals surface area (Å²) in [5.41, 5.74) is 0. The topological polar surface area (TPSA) is 104 Å². The van der Waals surface area contributed by atoms with Crippen LogP contribution in [0.1, 0.15) is 31.5 Å². The van der Waals surface area contributed by atoms with E-state index < -0.39 is 0 Å². The summed E-state index contributed by atoms with van der Waals surface area (Å²) in [5.74, 6) is 2.36. The number of halogens is 1. The van der Waals surface area contributed by atoms with Crippen molar-refractivity contribution in [2.24, 2.45) is 10.9 Å². The third kappa shape index (κ3) is 7.62. The van der Waals surface area contributed by atoms with Gasteiger partial charge in [0, 0.05) is 32.0 Å². The van der Waals surface area contributed by atoms with Gasteiger partial charge in [-0.1, -0.05) is 5.16 Å². The summed E-state index contributed by atoms with van der Waals surface area (Å²) in [6.45, 7) is 6.38. The molecule has 1 saturated carbocycles. The first kappa shape index (κ1) is 19.7. The number of aliphatic imine (C=N–C) groups is 1. The Bertz CT molecular complexity index is 515. The molecule has 1 aliphatic carbocycles. The average Bonchev–Trinajstić information content (AvgIpc) is 3.27. The van der Waals surface area contributed by atoms with Gasteiger partial charge in [-0.25, -0.2) is 0 Å². The molecule has 8 nitrogen and oxygen atoms in total. The van der Waals surface area contributed by atoms with Gasteiger partial charge in [0.25, 0.3) is 0 Å². The lowest BCUT2D eigenvalue weighted by Crippen LogP contribution is -2.41. The third-order valence-electron chi connectivity index (χ3n) is 3.17. The summed E-state index contributed by atoms with van der Waals surface area (Å²) in [5, 5.41) is 13.0. The first-order valence-corrected chi connectivity index (χ1v) is 7.78. The molecule has 3 N–H and O–H groups in total. The van der Waals surface area contributed by atoms with Gasteiger partial charge in [0.15, 0.2) is 11.8 Å². The Morgan fingerprint density at radius 1 is 1.30 bits per heavy atom. The molecule has 0 aromatic carbocycles. The lowest BCUT2D eigenvalue weighted by molar-refractivity contribution is -0.122. The van der Waals surface area contributed by atoms with Crippen molar-refractivity contribution < 1.29 is 9.32 Å². The minimum Gasteiger partial charge on any atom is -0.357 e. The summed E-state index contributed by atoms with van der Waals surface area (Å²) in [7, 11) is 0. The van der Waals surface area contributed by atoms with Gasteiger partial charge in [-0.3, -0.25) is 9.79 Å². The number of carbonyl (C=O) groups is 1. The van der Waals surface area contributed by atoms with E-state index in [0.29, 0.717) is 37.8 Å². The maximum Gasteiger partial charge on any atom is 0.228 e. The molecule has 0 radical (unpaired) electrons. The molecule has 0 saturated heterocycles. The van der Waals surface area contributed by atoms with Crippen molar-refractivity contribution in [2.45, 2.75) is 33.1 Å². The lowest BCUT2D eigenvalue weighted by Gasteiger charge is -2.11. The number of rotatable bonds is 8. The minimum absolute atomic E-state index is 0. The molecular formula is C14H25IN6O2. The predicted molar refractivity (Wildman–Crippen MR) is 97.9 cm³/mol. The smallest absolute Gasteiger partial charge is 0.228 e. The highest BCUT2D eigenvalue weighted by molar-refractivity contribution is 14.0. The zero-order valence-electron chi connectivity index (χ0n) is 13.6. The molecule has 1 aliphatic rings. The Balaban J connectivity index is 0.00000264. The average molecular weight is 436 g/mol. The summed E-state index contributed by atoms with van der Waals surface area (Å²) >= 11 is 0. The van der Waals surface area contributed by atoms with Gasteiger partial charge in [-0.05, 0) is 26.7 Å². The van der Waals surface area contributed by atoms with Crippen molar-refractivity contribution in [3.63, 3.8) is 0 Å². The predicted octanol–water partition coefficient (Wildman–Crippen LogP) is 0.620. The van der Waals surface area contributed by atoms with Gasteiger partial charge in [0.05, 0.1) is 6.54 Å². The second kappa shape index (κ2) is 10.4. The summed E-state index contributed by atoms with van der Waals surface area (Å²) in [4.78, 5) is 20.1. The van der Waals surface area contributed by atoms with Crippen molar-refractivity contribution >= 4 is 35.8 Å². The van der Waals surface area contributed by atoms with E-state index in [1.54, 1.807) is 6.92 Å². The molecule has 1 heterocycles. The lowest BCUT2D eigenvalue weighted by atomic mass is 10.4. The Labute approximate surface area is 153 Å². The van der Waals surface area contributed by atoms with E-state index >= 15 is 0 Å². The highest BCUT2D eigenvalue weighted by atomic mass is 127. The zero-order chi connectivity index (χ0) is 15.8. The van der Waals surface area contributed by atoms with Crippen LogP contribution in [0.2, 0.25) is 0 Å². The Kier molecular flexibility index (Phi) is 8.89. The summed E-state index contributed by atoms with van der Waals surface area (Å²) < 4.78 is 5.04. The van der Waals surface area contributed by atoms with Gasteiger partial charge in [-0.2, -0.15) is 4.98 Å². The van der Waals surface area contributed by atoms with Crippen LogP contribution in [-0.4, -0.2) is 48.2 Å². The van der Waals surface area contributed by atoms with E-state index in [0.717, 1.165) is 25.3 Å². The molecule has 0 unspecified atom stereocenters. The summed E-state index contributed by atoms with van der Waals surface area (Å²) in [6, 6.07) is 0. The van der Waals surface area contributed by atoms with Crippen LogP contribution in [0.4, 0.5) is 0 Å². The highest BCUT2D eigenvalue weighted by Crippen LogP contribution is 2.28. The fourth-order valence-corrected chi connectivity index (χ4v) is 1.90. The van der Waals surface area contributed by atoms with Crippen LogP contribution in [0.3, 0.4) is 0 Å². The first-order chi connectivity index (χ1) is 10.7. The molecule has 0 aliphatic heterocycles. The number of amides is 1. The van der Waals surface area contributed by atoms with Crippen LogP contribution in [0.15, 0.2) is 9.52 Å². The van der Waals surface area contributed by atoms with Gasteiger partial charge < -0.3 is 20.5 Å². The van der Waals surface area contributed by atoms with Crippen LogP contribution in [-0.2, 0) is 11.2 Å². The maximum atomic E-state index is 11.5. The van der Waals surface area contributed by atoms with Crippen molar-refractivity contribution in [2.75, 3.05) is 26.2 Å². The minimum atomic E-state index is 0. The zero-order valence-corrected chi connectivity index (χ0v) is 15.9. The highest BCUT2D eigenvalue weighted by Gasteiger charge is 2.28. The fourth-order valence-electron chi connectivity index (χ4n) is 1.90. The molecule has 130 valence electrons. The molecule has 1 aromatic rings. The molecule has 1 aromatic heterocycles. The molecule has 0 spiro atoms. The Hall–Kier alpha value is -1.39. The van der Waals surface area contributed by atoms with Crippen LogP contribution in [0.25, 0.3) is 0 Å². The molecule has 9 heteroatoms. The van der Waals surface area contributed by atoms with E-state index in [1.807, 2.05) is 6.92 Å². The van der Waals surface area contributed by atoms with E-state index in [4.69, 9.17) is 4.52 Å². The first-order valence-electron chi connectivity index (χ1n) is 7.78. The van der Waals surface area contributed by atoms with E-state index in [2.05, 4.69) is 31.1 Å². The molecule has 1 amide bonds. The number of hydrogen-bond donors (Lipinski definition) is 3. The van der Waals surface area contributed by atoms with E-state index in [9.17, 15) is 4.79 Å². The van der Waals surface area contributed by atoms with Gasteiger partial charge >= 0.3 is 0 Å². The molecule has 2 rings (SSSR count). The number of guanidine groups is 1. The largest absolute Gasteiger partial charge is 0.357 e. The Morgan fingerprint density at radius 2 is 2.04 bits per heavy atom. The molecule has 0 bridgehead atoms. The van der Waals surface area contributed by atoms with Crippen LogP contribution in [0.5, 0.6) is 0 Å². The third-order valence-corrected chi connectivity index (χ3v) is 3.17. The number of hydrogen-bond acceptors (Lipinski definition) is 5. The number of nitrogens with zero attached hydrogens (tertiary/aromatic N) is 3. The molecule has 23 heavy (non-hydrogen) atoms. The van der Waals surface area contributed by atoms with Crippen LogP contribution in [0, 0.1) is 12.8 Å². The number of carbonyl (C=O) groups excluding carboxylic acids is 1. The van der Waals surface area contributed by atoms with Crippen molar-refractivity contribution in [1.29, 1.82) is 0 Å². The van der Waals surface area contributed by atoms with Crippen molar-refractivity contribution in [3.05, 3.63) is 11.7 Å². The summed E-state index contributed by atoms with van der Waals surface area (Å²) in [6.07, 6.45) is 2.66. The van der Waals surface area contributed by atoms with E-state index in [1.165, 1.54) is 0 Å². The van der Waals surface area contributed by atoms with Crippen molar-refractivity contribution in [1.82, 2.24) is 26.1 Å². The fraction of sp³-hybridized carbons (Fsp3) is 0.714. The van der Waals surface area contributed by atoms with Gasteiger partial charge in [0.1, 0.15) is 0 Å². The molecular weight excluding hydrogens is 411 g/mol. The van der Waals surface area contributed by atoms with Crippen molar-refractivity contribution in [3.8, 4) is 0 Å².